The second-order valence-electron chi connectivity index (χ2n) is 4.35. The van der Waals surface area contributed by atoms with Crippen molar-refractivity contribution in [1.82, 2.24) is 0 Å². The Labute approximate surface area is 114 Å². The van der Waals surface area contributed by atoms with Gasteiger partial charge in [0.15, 0.2) is 0 Å². The van der Waals surface area contributed by atoms with Gasteiger partial charge in [-0.05, 0) is 6.42 Å². The molecule has 0 aliphatic carbocycles. The van der Waals surface area contributed by atoms with Crippen LogP contribution in [0.4, 0.5) is 0 Å². The molecule has 0 bridgehead atoms. The van der Waals surface area contributed by atoms with Crippen molar-refractivity contribution in [1.29, 1.82) is 0 Å². The number of rotatable bonds is 13. The van der Waals surface area contributed by atoms with Gasteiger partial charge in [-0.2, -0.15) is 0 Å². The zero-order chi connectivity index (χ0) is 13.8. The van der Waals surface area contributed by atoms with Crippen molar-refractivity contribution in [3.8, 4) is 0 Å². The molecule has 6 nitrogen and oxygen atoms in total. The molecule has 0 aromatic carbocycles. The summed E-state index contributed by atoms with van der Waals surface area (Å²) in [4.78, 5) is 3.29. The third-order valence-electron chi connectivity index (χ3n) is 2.54. The van der Waals surface area contributed by atoms with Crippen molar-refractivity contribution in [3.05, 3.63) is 11.4 Å². The van der Waals surface area contributed by atoms with Crippen LogP contribution in [0.15, 0.2) is 0 Å². The first-order chi connectivity index (χ1) is 9.36. The average molecular weight is 273 g/mol. The molecule has 1 aliphatic heterocycles. The molecule has 19 heavy (non-hydrogen) atoms. The summed E-state index contributed by atoms with van der Waals surface area (Å²) < 4.78 is 26.4. The van der Waals surface area contributed by atoms with Crippen molar-refractivity contribution in [3.63, 3.8) is 0 Å². The molecule has 1 heterocycles. The summed E-state index contributed by atoms with van der Waals surface area (Å²) in [6.45, 7) is 10.5. The van der Waals surface area contributed by atoms with Crippen molar-refractivity contribution >= 4 is 0 Å². The van der Waals surface area contributed by atoms with Gasteiger partial charge in [-0.3, -0.25) is 0 Å². The smallest absolute Gasteiger partial charge is 0.214 e. The van der Waals surface area contributed by atoms with Crippen LogP contribution in [0.1, 0.15) is 12.8 Å². The highest BCUT2D eigenvalue weighted by molar-refractivity contribution is 4.68. The van der Waals surface area contributed by atoms with Crippen LogP contribution >= 0.6 is 0 Å². The van der Waals surface area contributed by atoms with E-state index in [1.165, 1.54) is 0 Å². The summed E-state index contributed by atoms with van der Waals surface area (Å²) in [6, 6.07) is 0. The number of hydrogen-bond donors (Lipinski definition) is 0. The van der Waals surface area contributed by atoms with Crippen LogP contribution < -0.4 is 0 Å². The van der Waals surface area contributed by atoms with Crippen LogP contribution in [0.3, 0.4) is 0 Å². The molecule has 1 fully saturated rings. The molecule has 0 aromatic rings. The van der Waals surface area contributed by atoms with Gasteiger partial charge < -0.3 is 28.5 Å². The first-order valence-electron chi connectivity index (χ1n) is 6.57. The van der Waals surface area contributed by atoms with Gasteiger partial charge in [0.2, 0.25) is 6.54 Å². The fraction of sp³-hybridized carbons (Fsp3) is 0.923. The number of ether oxygens (including phenoxy) is 5. The third kappa shape index (κ3) is 9.82. The molecule has 1 aliphatic rings. The minimum atomic E-state index is -0.125. The molecule has 0 saturated carbocycles. The van der Waals surface area contributed by atoms with E-state index in [-0.39, 0.29) is 19.0 Å². The van der Waals surface area contributed by atoms with Crippen molar-refractivity contribution < 1.29 is 23.7 Å². The molecule has 2 atom stereocenters. The maximum absolute atomic E-state index is 6.67. The lowest BCUT2D eigenvalue weighted by Gasteiger charge is -2.17. The second kappa shape index (κ2) is 11.1. The summed E-state index contributed by atoms with van der Waals surface area (Å²) in [6.07, 6.45) is 1.91. The Bertz CT molecular complexity index is 252. The standard InChI is InChI=1S/C13H23NO5/c1-14-5-3-4-6-16-7-12(19-11-15-2)8-17-9-13-10-18-13/h12-13H,3-11H2,2H3. The van der Waals surface area contributed by atoms with Gasteiger partial charge in [-0.15, -0.1) is 0 Å². The molecular formula is C13H23NO5. The molecule has 0 aromatic heterocycles. The van der Waals surface area contributed by atoms with E-state index < -0.39 is 0 Å². The molecular weight excluding hydrogens is 250 g/mol. The van der Waals surface area contributed by atoms with Crippen LogP contribution in [0, 0.1) is 6.57 Å². The molecule has 2 unspecified atom stereocenters. The van der Waals surface area contributed by atoms with Crippen LogP contribution in [-0.2, 0) is 23.7 Å². The van der Waals surface area contributed by atoms with Gasteiger partial charge in [-0.25, -0.2) is 6.57 Å². The number of unbranched alkanes of at least 4 members (excludes halogenated alkanes) is 1. The van der Waals surface area contributed by atoms with E-state index >= 15 is 0 Å². The van der Waals surface area contributed by atoms with Crippen LogP contribution in [0.2, 0.25) is 0 Å². The molecule has 0 radical (unpaired) electrons. The van der Waals surface area contributed by atoms with Gasteiger partial charge in [-0.1, -0.05) is 0 Å². The highest BCUT2D eigenvalue weighted by Crippen LogP contribution is 2.09. The minimum absolute atomic E-state index is 0.125. The maximum atomic E-state index is 6.67. The second-order valence-corrected chi connectivity index (χ2v) is 4.35. The molecule has 0 spiro atoms. The molecule has 0 N–H and O–H groups in total. The fourth-order valence-electron chi connectivity index (χ4n) is 1.41. The summed E-state index contributed by atoms with van der Waals surface area (Å²) >= 11 is 0. The number of epoxide rings is 1. The van der Waals surface area contributed by atoms with Crippen molar-refractivity contribution in [2.45, 2.75) is 25.0 Å². The Morgan fingerprint density at radius 2 is 2.11 bits per heavy atom. The van der Waals surface area contributed by atoms with Gasteiger partial charge in [0.1, 0.15) is 19.0 Å². The largest absolute Gasteiger partial charge is 0.379 e. The predicted octanol–water partition coefficient (Wildman–Crippen LogP) is 1.11. The molecule has 1 rings (SSSR count). The summed E-state index contributed by atoms with van der Waals surface area (Å²) in [5, 5.41) is 0. The van der Waals surface area contributed by atoms with E-state index in [9.17, 15) is 0 Å². The molecule has 110 valence electrons. The van der Waals surface area contributed by atoms with Gasteiger partial charge in [0.05, 0.1) is 26.4 Å². The minimum Gasteiger partial charge on any atom is -0.379 e. The third-order valence-corrected chi connectivity index (χ3v) is 2.54. The summed E-state index contributed by atoms with van der Waals surface area (Å²) in [5.74, 6) is 0. The Morgan fingerprint density at radius 3 is 2.79 bits per heavy atom. The van der Waals surface area contributed by atoms with E-state index in [0.29, 0.717) is 33.0 Å². The van der Waals surface area contributed by atoms with E-state index in [1.54, 1.807) is 7.11 Å². The Balaban J connectivity index is 2.00. The zero-order valence-corrected chi connectivity index (χ0v) is 11.5. The highest BCUT2D eigenvalue weighted by Gasteiger charge is 2.23. The molecule has 1 saturated heterocycles. The number of methoxy groups -OCH3 is 1. The van der Waals surface area contributed by atoms with Crippen LogP contribution in [0.5, 0.6) is 0 Å². The average Bonchev–Trinajstić information content (AvgIpc) is 3.23. The van der Waals surface area contributed by atoms with Crippen LogP contribution in [0.25, 0.3) is 4.85 Å². The predicted molar refractivity (Wildman–Crippen MR) is 68.8 cm³/mol. The Hall–Kier alpha value is -0.710. The lowest BCUT2D eigenvalue weighted by Crippen LogP contribution is -2.27. The first kappa shape index (κ1) is 16.3. The number of nitrogens with zero attached hydrogens (tertiary/aromatic N) is 1. The Kier molecular flexibility index (Phi) is 9.59. The zero-order valence-electron chi connectivity index (χ0n) is 11.5. The van der Waals surface area contributed by atoms with E-state index in [2.05, 4.69) is 4.85 Å². The van der Waals surface area contributed by atoms with Crippen LogP contribution in [-0.4, -0.2) is 65.7 Å². The van der Waals surface area contributed by atoms with E-state index in [0.717, 1.165) is 19.4 Å². The summed E-state index contributed by atoms with van der Waals surface area (Å²) in [5.41, 5.74) is 0. The van der Waals surface area contributed by atoms with Gasteiger partial charge in [0.25, 0.3) is 0 Å². The van der Waals surface area contributed by atoms with E-state index in [1.807, 2.05) is 0 Å². The first-order valence-corrected chi connectivity index (χ1v) is 6.57. The Morgan fingerprint density at radius 1 is 1.32 bits per heavy atom. The van der Waals surface area contributed by atoms with Crippen molar-refractivity contribution in [2.24, 2.45) is 0 Å². The summed E-state index contributed by atoms with van der Waals surface area (Å²) in [7, 11) is 1.58. The van der Waals surface area contributed by atoms with Gasteiger partial charge >= 0.3 is 0 Å². The van der Waals surface area contributed by atoms with Gasteiger partial charge in [0, 0.05) is 20.1 Å². The highest BCUT2D eigenvalue weighted by atomic mass is 16.7. The molecule has 0 amide bonds. The monoisotopic (exact) mass is 273 g/mol. The maximum Gasteiger partial charge on any atom is 0.214 e. The molecule has 6 heteroatoms. The lowest BCUT2D eigenvalue weighted by atomic mass is 10.3. The lowest BCUT2D eigenvalue weighted by molar-refractivity contribution is -0.121. The topological polar surface area (TPSA) is 53.8 Å². The SMILES string of the molecule is [C-]#[N+]CCCCOCC(COCC1CO1)OCOC. The quantitative estimate of drug-likeness (QED) is 0.218. The van der Waals surface area contributed by atoms with Crippen molar-refractivity contribution in [2.75, 3.05) is 53.5 Å². The van der Waals surface area contributed by atoms with E-state index in [4.69, 9.17) is 30.3 Å². The number of hydrogen-bond acceptors (Lipinski definition) is 5. The normalized spacial score (nSPS) is 19.1. The fourth-order valence-corrected chi connectivity index (χ4v) is 1.41.